The third-order valence-corrected chi connectivity index (χ3v) is 1.83. The Labute approximate surface area is 72.0 Å². The first-order valence-corrected chi connectivity index (χ1v) is 3.82. The lowest BCUT2D eigenvalue weighted by Crippen LogP contribution is -2.00. The Kier molecular flexibility index (Phi) is 3.19. The molecule has 1 heterocycles. The van der Waals surface area contributed by atoms with Crippen LogP contribution in [-0.4, -0.2) is 17.2 Å². The molecule has 0 amide bonds. The van der Waals surface area contributed by atoms with Crippen LogP contribution in [0.25, 0.3) is 0 Å². The predicted octanol–water partition coefficient (Wildman–Crippen LogP) is 1.03. The summed E-state index contributed by atoms with van der Waals surface area (Å²) < 4.78 is 5.00. The summed E-state index contributed by atoms with van der Waals surface area (Å²) in [5.41, 5.74) is 2.80. The van der Waals surface area contributed by atoms with Gasteiger partial charge in [-0.05, 0) is 18.6 Å². The van der Waals surface area contributed by atoms with E-state index in [1.807, 2.05) is 6.92 Å². The number of nitrogens with zero attached hydrogens (tertiary/aromatic N) is 1. The summed E-state index contributed by atoms with van der Waals surface area (Å²) in [6.45, 7) is 2.46. The normalized spacial score (nSPS) is 10.2. The minimum Gasteiger partial charge on any atom is -0.392 e. The van der Waals surface area contributed by atoms with Gasteiger partial charge in [0.25, 0.3) is 0 Å². The van der Waals surface area contributed by atoms with Gasteiger partial charge in [0.2, 0.25) is 0 Å². The molecule has 1 aromatic heterocycles. The SMILES string of the molecule is COCc1c(CO)ccnc1C. The zero-order valence-electron chi connectivity index (χ0n) is 7.37. The lowest BCUT2D eigenvalue weighted by molar-refractivity contribution is 0.180. The van der Waals surface area contributed by atoms with E-state index in [4.69, 9.17) is 9.84 Å². The Bertz CT molecular complexity index is 261. The van der Waals surface area contributed by atoms with Crippen molar-refractivity contribution in [3.8, 4) is 0 Å². The first kappa shape index (κ1) is 9.16. The first-order valence-electron chi connectivity index (χ1n) is 3.82. The van der Waals surface area contributed by atoms with Gasteiger partial charge >= 0.3 is 0 Å². The van der Waals surface area contributed by atoms with Crippen molar-refractivity contribution in [3.05, 3.63) is 29.1 Å². The summed E-state index contributed by atoms with van der Waals surface area (Å²) in [6, 6.07) is 1.81. The van der Waals surface area contributed by atoms with Crippen LogP contribution >= 0.6 is 0 Å². The van der Waals surface area contributed by atoms with Crippen LogP contribution in [0.4, 0.5) is 0 Å². The van der Waals surface area contributed by atoms with E-state index < -0.39 is 0 Å². The van der Waals surface area contributed by atoms with Crippen molar-refractivity contribution in [2.24, 2.45) is 0 Å². The minimum absolute atomic E-state index is 0.0437. The molecule has 1 aromatic rings. The second-order valence-electron chi connectivity index (χ2n) is 2.63. The van der Waals surface area contributed by atoms with Gasteiger partial charge in [0.1, 0.15) is 0 Å². The van der Waals surface area contributed by atoms with E-state index >= 15 is 0 Å². The van der Waals surface area contributed by atoms with Gasteiger partial charge in [-0.15, -0.1) is 0 Å². The minimum atomic E-state index is 0.0437. The van der Waals surface area contributed by atoms with Gasteiger partial charge in [0.15, 0.2) is 0 Å². The number of hydrogen-bond donors (Lipinski definition) is 1. The number of pyridine rings is 1. The van der Waals surface area contributed by atoms with Crippen molar-refractivity contribution < 1.29 is 9.84 Å². The van der Waals surface area contributed by atoms with Gasteiger partial charge in [-0.2, -0.15) is 0 Å². The Morgan fingerprint density at radius 3 is 2.92 bits per heavy atom. The fraction of sp³-hybridized carbons (Fsp3) is 0.444. The number of aliphatic hydroxyl groups excluding tert-OH is 1. The fourth-order valence-corrected chi connectivity index (χ4v) is 1.14. The zero-order chi connectivity index (χ0) is 8.97. The summed E-state index contributed by atoms with van der Waals surface area (Å²) in [4.78, 5) is 4.12. The monoisotopic (exact) mass is 167 g/mol. The largest absolute Gasteiger partial charge is 0.392 e. The van der Waals surface area contributed by atoms with Crippen LogP contribution < -0.4 is 0 Å². The van der Waals surface area contributed by atoms with Crippen molar-refractivity contribution in [1.82, 2.24) is 4.98 Å². The highest BCUT2D eigenvalue weighted by atomic mass is 16.5. The molecule has 0 unspecified atom stereocenters. The molecule has 66 valence electrons. The molecule has 0 spiro atoms. The van der Waals surface area contributed by atoms with Gasteiger partial charge in [0, 0.05) is 24.6 Å². The number of ether oxygens (including phenoxy) is 1. The van der Waals surface area contributed by atoms with Crippen LogP contribution in [0.15, 0.2) is 12.3 Å². The number of methoxy groups -OCH3 is 1. The molecule has 0 aliphatic heterocycles. The third kappa shape index (κ3) is 1.81. The Morgan fingerprint density at radius 2 is 2.33 bits per heavy atom. The smallest absolute Gasteiger partial charge is 0.0734 e. The van der Waals surface area contributed by atoms with Crippen molar-refractivity contribution in [1.29, 1.82) is 0 Å². The molecule has 0 aliphatic rings. The maximum Gasteiger partial charge on any atom is 0.0734 e. The highest BCUT2D eigenvalue weighted by Crippen LogP contribution is 2.12. The molecule has 1 rings (SSSR count). The maximum absolute atomic E-state index is 8.99. The van der Waals surface area contributed by atoms with Gasteiger partial charge in [-0.3, -0.25) is 4.98 Å². The van der Waals surface area contributed by atoms with Crippen molar-refractivity contribution in [3.63, 3.8) is 0 Å². The molecule has 0 aliphatic carbocycles. The van der Waals surface area contributed by atoms with Crippen LogP contribution in [0.5, 0.6) is 0 Å². The fourth-order valence-electron chi connectivity index (χ4n) is 1.14. The highest BCUT2D eigenvalue weighted by Gasteiger charge is 2.04. The van der Waals surface area contributed by atoms with Gasteiger partial charge in [-0.25, -0.2) is 0 Å². The van der Waals surface area contributed by atoms with E-state index in [9.17, 15) is 0 Å². The van der Waals surface area contributed by atoms with Crippen LogP contribution in [-0.2, 0) is 18.0 Å². The average Bonchev–Trinajstić information content (AvgIpc) is 2.09. The van der Waals surface area contributed by atoms with E-state index in [1.165, 1.54) is 0 Å². The highest BCUT2D eigenvalue weighted by molar-refractivity contribution is 5.28. The number of hydrogen-bond acceptors (Lipinski definition) is 3. The Morgan fingerprint density at radius 1 is 1.58 bits per heavy atom. The lowest BCUT2D eigenvalue weighted by Gasteiger charge is -2.08. The molecule has 3 nitrogen and oxygen atoms in total. The number of rotatable bonds is 3. The molecule has 0 aromatic carbocycles. The number of aryl methyl sites for hydroxylation is 1. The summed E-state index contributed by atoms with van der Waals surface area (Å²) in [7, 11) is 1.63. The molecular weight excluding hydrogens is 154 g/mol. The average molecular weight is 167 g/mol. The van der Waals surface area contributed by atoms with Crippen molar-refractivity contribution in [2.45, 2.75) is 20.1 Å². The quantitative estimate of drug-likeness (QED) is 0.731. The molecule has 1 N–H and O–H groups in total. The van der Waals surface area contributed by atoms with E-state index in [1.54, 1.807) is 19.4 Å². The first-order chi connectivity index (χ1) is 5.79. The second-order valence-corrected chi connectivity index (χ2v) is 2.63. The lowest BCUT2D eigenvalue weighted by atomic mass is 10.1. The van der Waals surface area contributed by atoms with Crippen LogP contribution in [0.1, 0.15) is 16.8 Å². The Balaban J connectivity index is 3.02. The van der Waals surface area contributed by atoms with E-state index in [2.05, 4.69) is 4.98 Å². The topological polar surface area (TPSA) is 42.4 Å². The summed E-state index contributed by atoms with van der Waals surface area (Å²) in [5, 5.41) is 8.99. The van der Waals surface area contributed by atoms with E-state index in [0.717, 1.165) is 16.8 Å². The van der Waals surface area contributed by atoms with Crippen molar-refractivity contribution >= 4 is 0 Å². The molecule has 0 bridgehead atoms. The standard InChI is InChI=1S/C9H13NO2/c1-7-9(6-12-2)8(5-11)3-4-10-7/h3-4,11H,5-6H2,1-2H3. The molecule has 0 saturated heterocycles. The molecule has 12 heavy (non-hydrogen) atoms. The van der Waals surface area contributed by atoms with E-state index in [0.29, 0.717) is 6.61 Å². The summed E-state index contributed by atoms with van der Waals surface area (Å²) >= 11 is 0. The van der Waals surface area contributed by atoms with Crippen molar-refractivity contribution in [2.75, 3.05) is 7.11 Å². The van der Waals surface area contributed by atoms with Gasteiger partial charge < -0.3 is 9.84 Å². The maximum atomic E-state index is 8.99. The van der Waals surface area contributed by atoms with Crippen LogP contribution in [0.3, 0.4) is 0 Å². The molecule has 0 saturated carbocycles. The molecule has 0 fully saturated rings. The zero-order valence-corrected chi connectivity index (χ0v) is 7.37. The molecule has 0 radical (unpaired) electrons. The second kappa shape index (κ2) is 4.18. The van der Waals surface area contributed by atoms with Crippen LogP contribution in [0.2, 0.25) is 0 Å². The molecular formula is C9H13NO2. The van der Waals surface area contributed by atoms with E-state index in [-0.39, 0.29) is 6.61 Å². The third-order valence-electron chi connectivity index (χ3n) is 1.83. The van der Waals surface area contributed by atoms with Gasteiger partial charge in [0.05, 0.1) is 13.2 Å². The number of aromatic nitrogens is 1. The summed E-state index contributed by atoms with van der Waals surface area (Å²) in [5.74, 6) is 0. The number of aliphatic hydroxyl groups is 1. The van der Waals surface area contributed by atoms with Crippen LogP contribution in [0, 0.1) is 6.92 Å². The summed E-state index contributed by atoms with van der Waals surface area (Å²) in [6.07, 6.45) is 1.69. The van der Waals surface area contributed by atoms with Gasteiger partial charge in [-0.1, -0.05) is 0 Å². The molecule has 0 atom stereocenters. The Hall–Kier alpha value is -0.930. The predicted molar refractivity (Wildman–Crippen MR) is 45.6 cm³/mol. The molecule has 3 heteroatoms.